The number of amides is 1. The van der Waals surface area contributed by atoms with E-state index in [1.54, 1.807) is 36.4 Å². The van der Waals surface area contributed by atoms with E-state index in [0.717, 1.165) is 31.6 Å². The zero-order valence-corrected chi connectivity index (χ0v) is 15.9. The predicted molar refractivity (Wildman–Crippen MR) is 106 cm³/mol. The van der Waals surface area contributed by atoms with Crippen LogP contribution in [0.15, 0.2) is 48.8 Å². The Bertz CT molecular complexity index is 1030. The number of esters is 1. The molecule has 148 valence electrons. The first-order chi connectivity index (χ1) is 14.2. The fourth-order valence-corrected chi connectivity index (χ4v) is 3.38. The van der Waals surface area contributed by atoms with E-state index in [1.165, 1.54) is 18.1 Å². The molecular weight excluding hydrogens is 372 g/mol. The van der Waals surface area contributed by atoms with Gasteiger partial charge >= 0.3 is 5.97 Å². The van der Waals surface area contributed by atoms with E-state index in [0.29, 0.717) is 22.5 Å². The first kappa shape index (κ1) is 18.6. The molecule has 0 aliphatic carbocycles. The van der Waals surface area contributed by atoms with Gasteiger partial charge in [-0.1, -0.05) is 6.07 Å². The van der Waals surface area contributed by atoms with E-state index in [2.05, 4.69) is 25.7 Å². The molecule has 0 unspecified atom stereocenters. The quantitative estimate of drug-likeness (QED) is 0.665. The minimum Gasteiger partial charge on any atom is -0.465 e. The van der Waals surface area contributed by atoms with Gasteiger partial charge in [-0.15, -0.1) is 5.10 Å². The zero-order valence-electron chi connectivity index (χ0n) is 15.9. The van der Waals surface area contributed by atoms with E-state index in [9.17, 15) is 9.59 Å². The number of carbonyl (C=O) groups excluding carboxylic acids is 2. The lowest BCUT2D eigenvalue weighted by molar-refractivity contribution is 0.0600. The van der Waals surface area contributed by atoms with Crippen molar-refractivity contribution >= 4 is 23.3 Å². The molecule has 4 rings (SSSR count). The molecule has 9 heteroatoms. The summed E-state index contributed by atoms with van der Waals surface area (Å²) < 4.78 is 6.29. The Morgan fingerprint density at radius 2 is 1.90 bits per heavy atom. The van der Waals surface area contributed by atoms with E-state index >= 15 is 0 Å². The molecule has 29 heavy (non-hydrogen) atoms. The lowest BCUT2D eigenvalue weighted by Gasteiger charge is -2.22. The maximum Gasteiger partial charge on any atom is 0.337 e. The molecule has 2 aromatic carbocycles. The van der Waals surface area contributed by atoms with Gasteiger partial charge < -0.3 is 15.0 Å². The lowest BCUT2D eigenvalue weighted by atomic mass is 10.1. The van der Waals surface area contributed by atoms with Crippen molar-refractivity contribution in [2.45, 2.75) is 12.8 Å². The van der Waals surface area contributed by atoms with Crippen LogP contribution in [-0.2, 0) is 4.74 Å². The number of nitrogens with one attached hydrogen (secondary N) is 1. The van der Waals surface area contributed by atoms with Crippen molar-refractivity contribution in [1.29, 1.82) is 0 Å². The number of benzene rings is 2. The second-order valence-corrected chi connectivity index (χ2v) is 6.68. The van der Waals surface area contributed by atoms with Crippen LogP contribution in [0.4, 0.5) is 11.4 Å². The van der Waals surface area contributed by atoms with Crippen LogP contribution in [0.5, 0.6) is 0 Å². The molecule has 1 aromatic heterocycles. The summed E-state index contributed by atoms with van der Waals surface area (Å²) in [7, 11) is 1.33. The van der Waals surface area contributed by atoms with Crippen LogP contribution < -0.4 is 10.2 Å². The Morgan fingerprint density at radius 3 is 2.62 bits per heavy atom. The van der Waals surface area contributed by atoms with E-state index in [4.69, 9.17) is 4.74 Å². The first-order valence-electron chi connectivity index (χ1n) is 9.28. The maximum atomic E-state index is 12.9. The van der Waals surface area contributed by atoms with Gasteiger partial charge in [0.1, 0.15) is 6.33 Å². The Hall–Kier alpha value is -3.75. The van der Waals surface area contributed by atoms with Crippen LogP contribution in [0.1, 0.15) is 33.6 Å². The molecule has 1 N–H and O–H groups in total. The van der Waals surface area contributed by atoms with Crippen LogP contribution in [-0.4, -0.2) is 52.3 Å². The smallest absolute Gasteiger partial charge is 0.337 e. The molecule has 0 radical (unpaired) electrons. The van der Waals surface area contributed by atoms with Gasteiger partial charge in [-0.3, -0.25) is 4.79 Å². The SMILES string of the molecule is COC(=O)c1ccc(N2CCCC2)c(NC(=O)c2cccc(-n3cnnn3)c2)c1. The monoisotopic (exact) mass is 392 g/mol. The van der Waals surface area contributed by atoms with Gasteiger partial charge in [-0.2, -0.15) is 0 Å². The minimum atomic E-state index is -0.450. The molecule has 1 amide bonds. The molecule has 2 heterocycles. The molecule has 1 aliphatic rings. The Balaban J connectivity index is 1.64. The summed E-state index contributed by atoms with van der Waals surface area (Å²) in [6, 6.07) is 12.2. The zero-order chi connectivity index (χ0) is 20.2. The number of hydrogen-bond donors (Lipinski definition) is 1. The average molecular weight is 392 g/mol. The number of aromatic nitrogens is 4. The number of methoxy groups -OCH3 is 1. The van der Waals surface area contributed by atoms with Crippen molar-refractivity contribution in [1.82, 2.24) is 20.2 Å². The fourth-order valence-electron chi connectivity index (χ4n) is 3.38. The molecule has 0 spiro atoms. The summed E-state index contributed by atoms with van der Waals surface area (Å²) in [5.41, 5.74) is 2.97. The number of ether oxygens (including phenoxy) is 1. The van der Waals surface area contributed by atoms with Crippen LogP contribution in [0.25, 0.3) is 5.69 Å². The summed E-state index contributed by atoms with van der Waals surface area (Å²) >= 11 is 0. The third-order valence-corrected chi connectivity index (χ3v) is 4.83. The van der Waals surface area contributed by atoms with Crippen molar-refractivity contribution in [3.05, 3.63) is 59.9 Å². The van der Waals surface area contributed by atoms with Gasteiger partial charge in [0.15, 0.2) is 0 Å². The molecule has 1 saturated heterocycles. The highest BCUT2D eigenvalue weighted by atomic mass is 16.5. The highest BCUT2D eigenvalue weighted by Gasteiger charge is 2.20. The van der Waals surface area contributed by atoms with Crippen LogP contribution in [0.2, 0.25) is 0 Å². The lowest BCUT2D eigenvalue weighted by Crippen LogP contribution is -2.21. The topological polar surface area (TPSA) is 102 Å². The number of anilines is 2. The first-order valence-corrected chi connectivity index (χ1v) is 9.28. The van der Waals surface area contributed by atoms with Crippen LogP contribution in [0.3, 0.4) is 0 Å². The summed E-state index contributed by atoms with van der Waals surface area (Å²) in [6.07, 6.45) is 3.66. The second kappa shape index (κ2) is 8.09. The number of tetrazole rings is 1. The molecule has 0 atom stereocenters. The molecular formula is C20H20N6O3. The molecule has 1 fully saturated rings. The van der Waals surface area contributed by atoms with Gasteiger partial charge in [0, 0.05) is 18.7 Å². The van der Waals surface area contributed by atoms with Crippen LogP contribution in [0, 0.1) is 0 Å². The summed E-state index contributed by atoms with van der Waals surface area (Å²) in [4.78, 5) is 27.1. The van der Waals surface area contributed by atoms with Gasteiger partial charge in [-0.05, 0) is 59.7 Å². The largest absolute Gasteiger partial charge is 0.465 e. The Labute approximate surface area is 167 Å². The average Bonchev–Trinajstić information content (AvgIpc) is 3.47. The van der Waals surface area contributed by atoms with Crippen molar-refractivity contribution in [2.75, 3.05) is 30.4 Å². The van der Waals surface area contributed by atoms with Crippen molar-refractivity contribution in [3.63, 3.8) is 0 Å². The normalized spacial score (nSPS) is 13.3. The predicted octanol–water partition coefficient (Wildman–Crippen LogP) is 2.30. The van der Waals surface area contributed by atoms with E-state index in [-0.39, 0.29) is 5.91 Å². The summed E-state index contributed by atoms with van der Waals surface area (Å²) in [6.45, 7) is 1.82. The minimum absolute atomic E-state index is 0.289. The Kier molecular flexibility index (Phi) is 5.19. The molecule has 9 nitrogen and oxygen atoms in total. The third kappa shape index (κ3) is 3.93. The number of nitrogens with zero attached hydrogens (tertiary/aromatic N) is 5. The van der Waals surface area contributed by atoms with E-state index in [1.807, 2.05) is 6.07 Å². The number of carbonyl (C=O) groups is 2. The Morgan fingerprint density at radius 1 is 1.07 bits per heavy atom. The van der Waals surface area contributed by atoms with Gasteiger partial charge in [-0.25, -0.2) is 9.48 Å². The van der Waals surface area contributed by atoms with Gasteiger partial charge in [0.25, 0.3) is 5.91 Å². The number of rotatable bonds is 5. The molecule has 3 aromatic rings. The molecule has 1 aliphatic heterocycles. The standard InChI is InChI=1S/C20H20N6O3/c1-29-20(28)15-7-8-18(25-9-2-3-10-25)17(12-15)22-19(27)14-5-4-6-16(11-14)26-13-21-23-24-26/h4-8,11-13H,2-3,9-10H2,1H3,(H,22,27). The highest BCUT2D eigenvalue weighted by Crippen LogP contribution is 2.31. The molecule has 0 saturated carbocycles. The van der Waals surface area contributed by atoms with Crippen molar-refractivity contribution in [3.8, 4) is 5.69 Å². The van der Waals surface area contributed by atoms with Gasteiger partial charge in [0.05, 0.1) is 29.7 Å². The van der Waals surface area contributed by atoms with Gasteiger partial charge in [0.2, 0.25) is 0 Å². The van der Waals surface area contributed by atoms with Crippen molar-refractivity contribution in [2.24, 2.45) is 0 Å². The maximum absolute atomic E-state index is 12.9. The molecule has 0 bridgehead atoms. The third-order valence-electron chi connectivity index (χ3n) is 4.83. The fraction of sp³-hybridized carbons (Fsp3) is 0.250. The summed E-state index contributed by atoms with van der Waals surface area (Å²) in [5.74, 6) is -0.739. The second-order valence-electron chi connectivity index (χ2n) is 6.68. The van der Waals surface area contributed by atoms with Crippen LogP contribution >= 0.6 is 0 Å². The summed E-state index contributed by atoms with van der Waals surface area (Å²) in [5, 5.41) is 14.0. The van der Waals surface area contributed by atoms with Crippen molar-refractivity contribution < 1.29 is 14.3 Å². The highest BCUT2D eigenvalue weighted by molar-refractivity contribution is 6.07. The number of hydrogen-bond acceptors (Lipinski definition) is 7. The van der Waals surface area contributed by atoms with E-state index < -0.39 is 5.97 Å².